The second-order valence-electron chi connectivity index (χ2n) is 8.64. The van der Waals surface area contributed by atoms with Crippen molar-refractivity contribution in [2.45, 2.75) is 70.6 Å². The lowest BCUT2D eigenvalue weighted by Gasteiger charge is -2.49. The molecule has 0 aromatic rings. The van der Waals surface area contributed by atoms with Gasteiger partial charge in [-0.15, -0.1) is 0 Å². The molecule has 5 atom stereocenters. The fraction of sp³-hybridized carbons (Fsp3) is 0.750. The van der Waals surface area contributed by atoms with Crippen molar-refractivity contribution in [2.75, 3.05) is 6.61 Å². The molecule has 144 valence electrons. The highest BCUT2D eigenvalue weighted by atomic mass is 16.5. The van der Waals surface area contributed by atoms with Gasteiger partial charge in [0, 0.05) is 24.0 Å². The number of amides is 1. The molecule has 0 spiro atoms. The van der Waals surface area contributed by atoms with E-state index in [1.165, 1.54) is 0 Å². The van der Waals surface area contributed by atoms with Gasteiger partial charge in [-0.1, -0.05) is 6.58 Å². The van der Waals surface area contributed by atoms with Gasteiger partial charge in [0.15, 0.2) is 0 Å². The van der Waals surface area contributed by atoms with Crippen molar-refractivity contribution in [3.63, 3.8) is 0 Å². The minimum atomic E-state index is -0.487. The van der Waals surface area contributed by atoms with E-state index in [0.717, 1.165) is 25.3 Å². The van der Waals surface area contributed by atoms with E-state index < -0.39 is 5.97 Å². The molecule has 1 heterocycles. The number of nitrogens with zero attached hydrogens (tertiary/aromatic N) is 1. The minimum Gasteiger partial charge on any atom is -0.463 e. The molecule has 5 unspecified atom stereocenters. The molecule has 4 bridgehead atoms. The third-order valence-corrected chi connectivity index (χ3v) is 5.96. The smallest absolute Gasteiger partial charge is 0.330 e. The molecule has 6 nitrogen and oxygen atoms in total. The predicted molar refractivity (Wildman–Crippen MR) is 95.0 cm³/mol. The normalized spacial score (nSPS) is 32.5. The van der Waals surface area contributed by atoms with Gasteiger partial charge in [-0.25, -0.2) is 4.79 Å². The highest BCUT2D eigenvalue weighted by Crippen LogP contribution is 2.54. The maximum Gasteiger partial charge on any atom is 0.330 e. The van der Waals surface area contributed by atoms with Gasteiger partial charge in [0.1, 0.15) is 6.10 Å². The summed E-state index contributed by atoms with van der Waals surface area (Å²) in [6, 6.07) is 0.00236. The molecule has 0 aromatic heterocycles. The van der Waals surface area contributed by atoms with Crippen LogP contribution in [0.3, 0.4) is 0 Å². The van der Waals surface area contributed by atoms with Gasteiger partial charge >= 0.3 is 11.9 Å². The van der Waals surface area contributed by atoms with Gasteiger partial charge < -0.3 is 14.4 Å². The standard InChI is InChI=1S/C20H29NO5/c1-5-15(22)25-10-6-7-16(23)26-18-12-8-9-13-14(11-12)19(24)21(17(13)18)20(2,3)4/h5,12-14,17-18H,1,6-11H2,2-4H3. The molecule has 3 saturated carbocycles. The van der Waals surface area contributed by atoms with Crippen LogP contribution in [-0.2, 0) is 23.9 Å². The van der Waals surface area contributed by atoms with Crippen LogP contribution in [0.2, 0.25) is 0 Å². The number of esters is 2. The van der Waals surface area contributed by atoms with Crippen LogP contribution in [0, 0.1) is 17.8 Å². The van der Waals surface area contributed by atoms with Crippen LogP contribution in [-0.4, -0.2) is 47.0 Å². The van der Waals surface area contributed by atoms with Gasteiger partial charge in [0.05, 0.1) is 12.6 Å². The molecule has 4 aliphatic rings. The molecule has 6 heteroatoms. The minimum absolute atomic E-state index is 0.00236. The summed E-state index contributed by atoms with van der Waals surface area (Å²) in [5.41, 5.74) is -0.273. The SMILES string of the molecule is C=CC(=O)OCCCC(=O)OC1C2CCC3C(C2)C(=O)N(C(C)(C)C)C31. The Bertz CT molecular complexity index is 608. The van der Waals surface area contributed by atoms with E-state index in [9.17, 15) is 14.4 Å². The molecule has 4 fully saturated rings. The number of ether oxygens (including phenoxy) is 2. The second kappa shape index (κ2) is 7.05. The number of likely N-dealkylation sites (tertiary alicyclic amines) is 1. The van der Waals surface area contributed by atoms with E-state index in [1.54, 1.807) is 0 Å². The summed E-state index contributed by atoms with van der Waals surface area (Å²) in [5.74, 6) is 0.145. The van der Waals surface area contributed by atoms with Crippen LogP contribution in [0.15, 0.2) is 12.7 Å². The Balaban J connectivity index is 1.62. The first-order valence-electron chi connectivity index (χ1n) is 9.56. The number of carbonyl (C=O) groups excluding carboxylic acids is 3. The molecule has 1 saturated heterocycles. The molecule has 1 aliphatic heterocycles. The van der Waals surface area contributed by atoms with Crippen molar-refractivity contribution in [1.82, 2.24) is 4.90 Å². The summed E-state index contributed by atoms with van der Waals surface area (Å²) in [7, 11) is 0. The zero-order valence-corrected chi connectivity index (χ0v) is 15.9. The molecule has 1 amide bonds. The van der Waals surface area contributed by atoms with Gasteiger partial charge in [0.25, 0.3) is 0 Å². The highest BCUT2D eigenvalue weighted by molar-refractivity contribution is 5.84. The van der Waals surface area contributed by atoms with Crippen LogP contribution >= 0.6 is 0 Å². The fourth-order valence-electron chi connectivity index (χ4n) is 5.01. The lowest BCUT2D eigenvalue weighted by Crippen LogP contribution is -2.57. The Morgan fingerprint density at radius 2 is 2.04 bits per heavy atom. The first-order chi connectivity index (χ1) is 12.2. The third kappa shape index (κ3) is 3.38. The highest BCUT2D eigenvalue weighted by Gasteiger charge is 2.62. The maximum atomic E-state index is 12.9. The number of hydrogen-bond donors (Lipinski definition) is 0. The van der Waals surface area contributed by atoms with Crippen molar-refractivity contribution >= 4 is 17.8 Å². The van der Waals surface area contributed by atoms with Crippen molar-refractivity contribution < 1.29 is 23.9 Å². The second-order valence-corrected chi connectivity index (χ2v) is 8.64. The van der Waals surface area contributed by atoms with Crippen LogP contribution in [0.5, 0.6) is 0 Å². The number of carbonyl (C=O) groups is 3. The van der Waals surface area contributed by atoms with Crippen LogP contribution in [0.4, 0.5) is 0 Å². The summed E-state index contributed by atoms with van der Waals surface area (Å²) in [6.45, 7) is 9.65. The van der Waals surface area contributed by atoms with Crippen molar-refractivity contribution in [2.24, 2.45) is 17.8 Å². The topological polar surface area (TPSA) is 72.9 Å². The maximum absolute atomic E-state index is 12.9. The molecule has 26 heavy (non-hydrogen) atoms. The van der Waals surface area contributed by atoms with Crippen LogP contribution in [0.1, 0.15) is 52.9 Å². The third-order valence-electron chi connectivity index (χ3n) is 5.96. The zero-order valence-electron chi connectivity index (χ0n) is 15.9. The molecule has 0 radical (unpaired) electrons. The number of hydrogen-bond acceptors (Lipinski definition) is 5. The summed E-state index contributed by atoms with van der Waals surface area (Å²) < 4.78 is 10.8. The summed E-state index contributed by atoms with van der Waals surface area (Å²) in [6.07, 6.45) is 4.43. The lowest BCUT2D eigenvalue weighted by molar-refractivity contribution is -0.166. The first-order valence-corrected chi connectivity index (χ1v) is 9.56. The van der Waals surface area contributed by atoms with Crippen molar-refractivity contribution in [3.05, 3.63) is 12.7 Å². The van der Waals surface area contributed by atoms with Crippen molar-refractivity contribution in [1.29, 1.82) is 0 Å². The van der Waals surface area contributed by atoms with E-state index in [-0.39, 0.29) is 54.4 Å². The Kier molecular flexibility index (Phi) is 5.13. The van der Waals surface area contributed by atoms with E-state index in [1.807, 2.05) is 25.7 Å². The first kappa shape index (κ1) is 18.9. The zero-order chi connectivity index (χ0) is 19.1. The van der Waals surface area contributed by atoms with Gasteiger partial charge in [-0.3, -0.25) is 9.59 Å². The Morgan fingerprint density at radius 3 is 2.69 bits per heavy atom. The molecular weight excluding hydrogens is 334 g/mol. The largest absolute Gasteiger partial charge is 0.463 e. The quantitative estimate of drug-likeness (QED) is 0.412. The van der Waals surface area contributed by atoms with Gasteiger partial charge in [-0.05, 0) is 58.3 Å². The van der Waals surface area contributed by atoms with E-state index >= 15 is 0 Å². The fourth-order valence-corrected chi connectivity index (χ4v) is 5.01. The van der Waals surface area contributed by atoms with Gasteiger partial charge in [0.2, 0.25) is 5.91 Å². The van der Waals surface area contributed by atoms with Crippen molar-refractivity contribution in [3.8, 4) is 0 Å². The Labute approximate surface area is 154 Å². The van der Waals surface area contributed by atoms with E-state index in [0.29, 0.717) is 12.3 Å². The molecular formula is C20H29NO5. The predicted octanol–water partition coefficient (Wildman–Crippen LogP) is 2.46. The summed E-state index contributed by atoms with van der Waals surface area (Å²) in [4.78, 5) is 38.2. The van der Waals surface area contributed by atoms with Gasteiger partial charge in [-0.2, -0.15) is 0 Å². The average Bonchev–Trinajstić information content (AvgIpc) is 2.83. The molecule has 3 aliphatic carbocycles. The summed E-state index contributed by atoms with van der Waals surface area (Å²) in [5, 5.41) is 0. The summed E-state index contributed by atoms with van der Waals surface area (Å²) >= 11 is 0. The van der Waals surface area contributed by atoms with E-state index in [4.69, 9.17) is 9.47 Å². The molecule has 4 rings (SSSR count). The number of fused-ring (bicyclic) bond motifs is 1. The molecule has 0 N–H and O–H groups in total. The number of rotatable bonds is 6. The average molecular weight is 363 g/mol. The Morgan fingerprint density at radius 1 is 1.31 bits per heavy atom. The van der Waals surface area contributed by atoms with Crippen LogP contribution < -0.4 is 0 Å². The van der Waals surface area contributed by atoms with E-state index in [2.05, 4.69) is 6.58 Å². The monoisotopic (exact) mass is 363 g/mol. The molecule has 0 aromatic carbocycles. The Hall–Kier alpha value is -1.85. The van der Waals surface area contributed by atoms with Crippen LogP contribution in [0.25, 0.3) is 0 Å². The lowest BCUT2D eigenvalue weighted by atomic mass is 9.63.